The lowest BCUT2D eigenvalue weighted by Crippen LogP contribution is -2.43. The van der Waals surface area contributed by atoms with E-state index in [9.17, 15) is 9.18 Å². The Labute approximate surface area is 117 Å². The summed E-state index contributed by atoms with van der Waals surface area (Å²) in [7, 11) is 0. The number of likely N-dealkylation sites (tertiary alicyclic amines) is 1. The molecule has 2 rings (SSSR count). The van der Waals surface area contributed by atoms with Gasteiger partial charge in [-0.2, -0.15) is 0 Å². The fourth-order valence-electron chi connectivity index (χ4n) is 2.31. The minimum Gasteiger partial charge on any atom is -0.343 e. The number of nitrogens with one attached hydrogen (secondary N) is 1. The van der Waals surface area contributed by atoms with Crippen LogP contribution in [-0.2, 0) is 11.3 Å². The van der Waals surface area contributed by atoms with Crippen molar-refractivity contribution in [3.05, 3.63) is 34.6 Å². The summed E-state index contributed by atoms with van der Waals surface area (Å²) in [6, 6.07) is 5.24. The van der Waals surface area contributed by atoms with Crippen LogP contribution >= 0.6 is 11.6 Å². The zero-order valence-electron chi connectivity index (χ0n) is 11.0. The maximum absolute atomic E-state index is 13.3. The fraction of sp³-hybridized carbons (Fsp3) is 0.500. The monoisotopic (exact) mass is 284 g/mol. The summed E-state index contributed by atoms with van der Waals surface area (Å²) in [6.45, 7) is 3.81. The molecule has 1 aliphatic heterocycles. The van der Waals surface area contributed by atoms with Gasteiger partial charge in [0, 0.05) is 32.6 Å². The third kappa shape index (κ3) is 3.91. The second kappa shape index (κ2) is 6.35. The molecule has 1 amide bonds. The first-order valence-electron chi connectivity index (χ1n) is 6.49. The molecule has 0 aliphatic carbocycles. The van der Waals surface area contributed by atoms with Crippen molar-refractivity contribution in [1.82, 2.24) is 10.2 Å². The third-order valence-electron chi connectivity index (χ3n) is 3.52. The standard InChI is InChI=1S/C14H18ClFN2O/c1-10(19)18-6-4-12(5-7-18)17-9-11-2-3-13(15)14(16)8-11/h2-3,8,12,17H,4-7,9H2,1H3. The van der Waals surface area contributed by atoms with Crippen molar-refractivity contribution in [3.63, 3.8) is 0 Å². The van der Waals surface area contributed by atoms with Gasteiger partial charge in [-0.1, -0.05) is 17.7 Å². The number of carbonyl (C=O) groups is 1. The van der Waals surface area contributed by atoms with E-state index in [4.69, 9.17) is 11.6 Å². The summed E-state index contributed by atoms with van der Waals surface area (Å²) in [5.41, 5.74) is 0.885. The molecule has 5 heteroatoms. The van der Waals surface area contributed by atoms with Crippen LogP contribution < -0.4 is 5.32 Å². The van der Waals surface area contributed by atoms with Crippen LogP contribution in [-0.4, -0.2) is 29.9 Å². The minimum atomic E-state index is -0.382. The molecule has 0 unspecified atom stereocenters. The molecule has 0 aromatic heterocycles. The Morgan fingerprint density at radius 3 is 2.74 bits per heavy atom. The lowest BCUT2D eigenvalue weighted by atomic mass is 10.0. The normalized spacial score (nSPS) is 16.7. The highest BCUT2D eigenvalue weighted by molar-refractivity contribution is 6.30. The molecule has 0 bridgehead atoms. The number of rotatable bonds is 3. The van der Waals surface area contributed by atoms with Crippen molar-refractivity contribution >= 4 is 17.5 Å². The molecule has 1 heterocycles. The predicted octanol–water partition coefficient (Wildman–Crippen LogP) is 2.58. The first-order chi connectivity index (χ1) is 9.06. The molecule has 0 spiro atoms. The molecule has 1 aliphatic rings. The van der Waals surface area contributed by atoms with E-state index in [2.05, 4.69) is 5.32 Å². The van der Waals surface area contributed by atoms with Crippen LogP contribution in [0.4, 0.5) is 4.39 Å². The van der Waals surface area contributed by atoms with Gasteiger partial charge in [0.2, 0.25) is 5.91 Å². The number of hydrogen-bond donors (Lipinski definition) is 1. The van der Waals surface area contributed by atoms with Crippen molar-refractivity contribution in [2.75, 3.05) is 13.1 Å². The second-order valence-corrected chi connectivity index (χ2v) is 5.32. The van der Waals surface area contributed by atoms with Crippen LogP contribution in [0.15, 0.2) is 18.2 Å². The zero-order valence-corrected chi connectivity index (χ0v) is 11.7. The molecule has 0 saturated carbocycles. The third-order valence-corrected chi connectivity index (χ3v) is 3.83. The van der Waals surface area contributed by atoms with Crippen molar-refractivity contribution in [2.45, 2.75) is 32.4 Å². The van der Waals surface area contributed by atoms with E-state index in [1.165, 1.54) is 6.07 Å². The zero-order chi connectivity index (χ0) is 13.8. The number of benzene rings is 1. The van der Waals surface area contributed by atoms with Crippen LogP contribution in [0.1, 0.15) is 25.3 Å². The SMILES string of the molecule is CC(=O)N1CCC(NCc2ccc(Cl)c(F)c2)CC1. The molecular weight excluding hydrogens is 267 g/mol. The number of halogens is 2. The van der Waals surface area contributed by atoms with Gasteiger partial charge < -0.3 is 10.2 Å². The summed E-state index contributed by atoms with van der Waals surface area (Å²) in [4.78, 5) is 13.1. The largest absolute Gasteiger partial charge is 0.343 e. The molecule has 0 radical (unpaired) electrons. The Kier molecular flexibility index (Phi) is 4.77. The van der Waals surface area contributed by atoms with Gasteiger partial charge >= 0.3 is 0 Å². The number of amides is 1. The summed E-state index contributed by atoms with van der Waals surface area (Å²) in [5.74, 6) is -0.245. The van der Waals surface area contributed by atoms with Gasteiger partial charge in [-0.05, 0) is 30.5 Å². The number of nitrogens with zero attached hydrogens (tertiary/aromatic N) is 1. The number of hydrogen-bond acceptors (Lipinski definition) is 2. The highest BCUT2D eigenvalue weighted by Crippen LogP contribution is 2.16. The van der Waals surface area contributed by atoms with E-state index in [1.807, 2.05) is 11.0 Å². The van der Waals surface area contributed by atoms with Gasteiger partial charge in [0.1, 0.15) is 5.82 Å². The molecule has 1 fully saturated rings. The Balaban J connectivity index is 1.80. The van der Waals surface area contributed by atoms with Gasteiger partial charge in [-0.15, -0.1) is 0 Å². The van der Waals surface area contributed by atoms with E-state index in [0.29, 0.717) is 12.6 Å². The summed E-state index contributed by atoms with van der Waals surface area (Å²) in [5, 5.41) is 3.55. The Morgan fingerprint density at radius 2 is 2.16 bits per heavy atom. The quantitative estimate of drug-likeness (QED) is 0.925. The second-order valence-electron chi connectivity index (χ2n) is 4.91. The molecule has 0 atom stereocenters. The first kappa shape index (κ1) is 14.3. The summed E-state index contributed by atoms with van der Waals surface area (Å²) < 4.78 is 13.3. The van der Waals surface area contributed by atoms with Crippen molar-refractivity contribution in [3.8, 4) is 0 Å². The van der Waals surface area contributed by atoms with E-state index in [1.54, 1.807) is 13.0 Å². The molecule has 3 nitrogen and oxygen atoms in total. The Hall–Kier alpha value is -1.13. The highest BCUT2D eigenvalue weighted by atomic mass is 35.5. The van der Waals surface area contributed by atoms with E-state index in [0.717, 1.165) is 31.5 Å². The van der Waals surface area contributed by atoms with Crippen LogP contribution in [0.2, 0.25) is 5.02 Å². The molecular formula is C14H18ClFN2O. The average Bonchev–Trinajstić information content (AvgIpc) is 2.40. The molecule has 1 N–H and O–H groups in total. The van der Waals surface area contributed by atoms with Gasteiger partial charge in [0.15, 0.2) is 0 Å². The van der Waals surface area contributed by atoms with E-state index in [-0.39, 0.29) is 16.7 Å². The number of carbonyl (C=O) groups excluding carboxylic acids is 1. The summed E-state index contributed by atoms with van der Waals surface area (Å²) >= 11 is 5.64. The molecule has 1 aromatic rings. The molecule has 1 aromatic carbocycles. The van der Waals surface area contributed by atoms with Gasteiger partial charge in [-0.3, -0.25) is 4.79 Å². The minimum absolute atomic E-state index is 0.137. The highest BCUT2D eigenvalue weighted by Gasteiger charge is 2.20. The molecule has 104 valence electrons. The molecule has 1 saturated heterocycles. The van der Waals surface area contributed by atoms with Crippen molar-refractivity contribution in [1.29, 1.82) is 0 Å². The van der Waals surface area contributed by atoms with E-state index < -0.39 is 0 Å². The summed E-state index contributed by atoms with van der Waals surface area (Å²) in [6.07, 6.45) is 1.88. The smallest absolute Gasteiger partial charge is 0.219 e. The topological polar surface area (TPSA) is 32.3 Å². The van der Waals surface area contributed by atoms with Crippen molar-refractivity contribution in [2.24, 2.45) is 0 Å². The van der Waals surface area contributed by atoms with Crippen LogP contribution in [0.5, 0.6) is 0 Å². The van der Waals surface area contributed by atoms with Gasteiger partial charge in [0.25, 0.3) is 0 Å². The lowest BCUT2D eigenvalue weighted by Gasteiger charge is -2.31. The van der Waals surface area contributed by atoms with Gasteiger partial charge in [-0.25, -0.2) is 4.39 Å². The Morgan fingerprint density at radius 1 is 1.47 bits per heavy atom. The number of piperidine rings is 1. The maximum Gasteiger partial charge on any atom is 0.219 e. The first-order valence-corrected chi connectivity index (χ1v) is 6.87. The maximum atomic E-state index is 13.3. The average molecular weight is 285 g/mol. The van der Waals surface area contributed by atoms with Gasteiger partial charge in [0.05, 0.1) is 5.02 Å². The fourth-order valence-corrected chi connectivity index (χ4v) is 2.43. The van der Waals surface area contributed by atoms with Crippen LogP contribution in [0.3, 0.4) is 0 Å². The molecule has 19 heavy (non-hydrogen) atoms. The van der Waals surface area contributed by atoms with Crippen molar-refractivity contribution < 1.29 is 9.18 Å². The Bertz CT molecular complexity index is 459. The van der Waals surface area contributed by atoms with Crippen LogP contribution in [0, 0.1) is 5.82 Å². The van der Waals surface area contributed by atoms with E-state index >= 15 is 0 Å². The lowest BCUT2D eigenvalue weighted by molar-refractivity contribution is -0.129. The predicted molar refractivity (Wildman–Crippen MR) is 73.5 cm³/mol. The van der Waals surface area contributed by atoms with Crippen LogP contribution in [0.25, 0.3) is 0 Å².